The number of carbonyl (C=O) groups is 2. The fraction of sp³-hybridized carbons (Fsp3) is 0.176. The van der Waals surface area contributed by atoms with Crippen molar-refractivity contribution in [2.75, 3.05) is 0 Å². The predicted molar refractivity (Wildman–Crippen MR) is 77.0 cm³/mol. The molecule has 4 nitrogen and oxygen atoms in total. The molecule has 0 fully saturated rings. The molecule has 1 atom stereocenters. The smallest absolute Gasteiger partial charge is 0.338 e. The van der Waals surface area contributed by atoms with Crippen LogP contribution in [0.4, 0.5) is 0 Å². The van der Waals surface area contributed by atoms with E-state index in [9.17, 15) is 9.59 Å². The van der Waals surface area contributed by atoms with E-state index in [1.165, 1.54) is 0 Å². The van der Waals surface area contributed by atoms with Gasteiger partial charge in [-0.05, 0) is 22.8 Å². The van der Waals surface area contributed by atoms with Gasteiger partial charge in [-0.2, -0.15) is 0 Å². The summed E-state index contributed by atoms with van der Waals surface area (Å²) in [6.07, 6.45) is -0.317. The second kappa shape index (κ2) is 5.40. The number of hydrogen-bond donors (Lipinski definition) is 1. The standard InChI is InChI=1S/C17H14O4/c18-16(19)10-14-9-13-8-12(11-4-2-1-3-5-11)6-7-15(13)17(20)21-14/h1-8,14H,9-10H2,(H,18,19). The van der Waals surface area contributed by atoms with Gasteiger partial charge in [0.25, 0.3) is 0 Å². The normalized spacial score (nSPS) is 17.0. The summed E-state index contributed by atoms with van der Waals surface area (Å²) in [5, 5.41) is 8.84. The van der Waals surface area contributed by atoms with Crippen molar-refractivity contribution in [2.24, 2.45) is 0 Å². The number of esters is 1. The summed E-state index contributed by atoms with van der Waals surface area (Å²) in [5.74, 6) is -1.41. The number of rotatable bonds is 3. The summed E-state index contributed by atoms with van der Waals surface area (Å²) in [6, 6.07) is 15.4. The zero-order chi connectivity index (χ0) is 14.8. The molecule has 4 heteroatoms. The van der Waals surface area contributed by atoms with Gasteiger partial charge in [-0.25, -0.2) is 4.79 Å². The molecule has 0 radical (unpaired) electrons. The van der Waals surface area contributed by atoms with Crippen molar-refractivity contribution in [3.05, 3.63) is 59.7 Å². The molecule has 0 saturated carbocycles. The Hall–Kier alpha value is -2.62. The summed E-state index contributed by atoms with van der Waals surface area (Å²) >= 11 is 0. The molecule has 3 rings (SSSR count). The third-order valence-corrected chi connectivity index (χ3v) is 3.56. The Bertz CT molecular complexity index is 691. The minimum absolute atomic E-state index is 0.166. The van der Waals surface area contributed by atoms with E-state index in [0.717, 1.165) is 16.7 Å². The van der Waals surface area contributed by atoms with Crippen LogP contribution >= 0.6 is 0 Å². The van der Waals surface area contributed by atoms with Crippen molar-refractivity contribution in [3.63, 3.8) is 0 Å². The Balaban J connectivity index is 1.94. The van der Waals surface area contributed by atoms with Gasteiger partial charge in [0.1, 0.15) is 6.10 Å². The second-order valence-electron chi connectivity index (χ2n) is 5.07. The largest absolute Gasteiger partial charge is 0.481 e. The fourth-order valence-electron chi connectivity index (χ4n) is 2.58. The lowest BCUT2D eigenvalue weighted by Gasteiger charge is -2.24. The van der Waals surface area contributed by atoms with Crippen LogP contribution in [0.1, 0.15) is 22.3 Å². The number of aliphatic carboxylic acids is 1. The monoisotopic (exact) mass is 282 g/mol. The molecule has 21 heavy (non-hydrogen) atoms. The van der Waals surface area contributed by atoms with Gasteiger partial charge in [0.15, 0.2) is 0 Å². The number of carboxylic acids is 1. The number of carbonyl (C=O) groups excluding carboxylic acids is 1. The fourth-order valence-corrected chi connectivity index (χ4v) is 2.58. The summed E-state index contributed by atoms with van der Waals surface area (Å²) < 4.78 is 5.15. The number of benzene rings is 2. The van der Waals surface area contributed by atoms with E-state index in [0.29, 0.717) is 12.0 Å². The van der Waals surface area contributed by atoms with Gasteiger partial charge in [0, 0.05) is 6.42 Å². The Morgan fingerprint density at radius 1 is 1.14 bits per heavy atom. The maximum absolute atomic E-state index is 11.9. The van der Waals surface area contributed by atoms with E-state index in [2.05, 4.69) is 0 Å². The van der Waals surface area contributed by atoms with Gasteiger partial charge < -0.3 is 9.84 Å². The van der Waals surface area contributed by atoms with Gasteiger partial charge in [-0.1, -0.05) is 42.5 Å². The minimum atomic E-state index is -0.963. The van der Waals surface area contributed by atoms with Gasteiger partial charge in [-0.3, -0.25) is 4.79 Å². The number of carboxylic acid groups (broad SMARTS) is 1. The van der Waals surface area contributed by atoms with Crippen LogP contribution in [0, 0.1) is 0 Å². The Labute approximate surface area is 122 Å². The van der Waals surface area contributed by atoms with Crippen molar-refractivity contribution in [3.8, 4) is 11.1 Å². The van der Waals surface area contributed by atoms with Crippen LogP contribution < -0.4 is 0 Å². The van der Waals surface area contributed by atoms with Crippen molar-refractivity contribution in [2.45, 2.75) is 18.9 Å². The zero-order valence-corrected chi connectivity index (χ0v) is 11.3. The van der Waals surface area contributed by atoms with E-state index in [1.54, 1.807) is 6.07 Å². The quantitative estimate of drug-likeness (QED) is 0.879. The van der Waals surface area contributed by atoms with Gasteiger partial charge in [0.2, 0.25) is 0 Å². The van der Waals surface area contributed by atoms with Crippen LogP contribution in [0.25, 0.3) is 11.1 Å². The average Bonchev–Trinajstić information content (AvgIpc) is 2.47. The second-order valence-corrected chi connectivity index (χ2v) is 5.07. The van der Waals surface area contributed by atoms with Gasteiger partial charge in [-0.15, -0.1) is 0 Å². The van der Waals surface area contributed by atoms with Crippen LogP contribution in [0.5, 0.6) is 0 Å². The highest BCUT2D eigenvalue weighted by Gasteiger charge is 2.28. The molecular weight excluding hydrogens is 268 g/mol. The van der Waals surface area contributed by atoms with Gasteiger partial charge >= 0.3 is 11.9 Å². The molecule has 0 aromatic heterocycles. The summed E-state index contributed by atoms with van der Waals surface area (Å²) in [4.78, 5) is 22.7. The number of ether oxygens (including phenoxy) is 1. The van der Waals surface area contributed by atoms with Gasteiger partial charge in [0.05, 0.1) is 12.0 Å². The highest BCUT2D eigenvalue weighted by molar-refractivity contribution is 5.93. The summed E-state index contributed by atoms with van der Waals surface area (Å²) in [5.41, 5.74) is 3.45. The molecule has 0 bridgehead atoms. The molecule has 0 spiro atoms. The molecule has 1 heterocycles. The molecule has 2 aromatic carbocycles. The number of cyclic esters (lactones) is 1. The first-order valence-corrected chi connectivity index (χ1v) is 6.74. The van der Waals surface area contributed by atoms with E-state index in [-0.39, 0.29) is 6.42 Å². The van der Waals surface area contributed by atoms with Crippen LogP contribution in [0.3, 0.4) is 0 Å². The molecular formula is C17H14O4. The molecule has 0 aliphatic carbocycles. The highest BCUT2D eigenvalue weighted by atomic mass is 16.5. The maximum atomic E-state index is 11.9. The summed E-state index contributed by atoms with van der Waals surface area (Å²) in [6.45, 7) is 0. The third kappa shape index (κ3) is 2.79. The predicted octanol–water partition coefficient (Wildman–Crippen LogP) is 2.91. The molecule has 1 aliphatic rings. The lowest BCUT2D eigenvalue weighted by atomic mass is 9.93. The highest BCUT2D eigenvalue weighted by Crippen LogP contribution is 2.28. The van der Waals surface area contributed by atoms with Crippen molar-refractivity contribution >= 4 is 11.9 Å². The van der Waals surface area contributed by atoms with Crippen molar-refractivity contribution < 1.29 is 19.4 Å². The number of hydrogen-bond acceptors (Lipinski definition) is 3. The third-order valence-electron chi connectivity index (χ3n) is 3.56. The lowest BCUT2D eigenvalue weighted by molar-refractivity contribution is -0.139. The molecule has 106 valence electrons. The lowest BCUT2D eigenvalue weighted by Crippen LogP contribution is -2.29. The van der Waals surface area contributed by atoms with E-state index < -0.39 is 18.0 Å². The Morgan fingerprint density at radius 2 is 1.90 bits per heavy atom. The molecule has 0 amide bonds. The Morgan fingerprint density at radius 3 is 2.62 bits per heavy atom. The minimum Gasteiger partial charge on any atom is -0.481 e. The molecule has 2 aromatic rings. The van der Waals surface area contributed by atoms with E-state index in [1.807, 2.05) is 42.5 Å². The number of fused-ring (bicyclic) bond motifs is 1. The molecule has 1 aliphatic heterocycles. The van der Waals surface area contributed by atoms with E-state index in [4.69, 9.17) is 9.84 Å². The van der Waals surface area contributed by atoms with E-state index >= 15 is 0 Å². The SMILES string of the molecule is O=C(O)CC1Cc2cc(-c3ccccc3)ccc2C(=O)O1. The first-order valence-electron chi connectivity index (χ1n) is 6.74. The average molecular weight is 282 g/mol. The van der Waals surface area contributed by atoms with Crippen molar-refractivity contribution in [1.29, 1.82) is 0 Å². The molecule has 0 saturated heterocycles. The van der Waals surface area contributed by atoms with Crippen LogP contribution in [0.15, 0.2) is 48.5 Å². The first-order chi connectivity index (χ1) is 10.1. The van der Waals surface area contributed by atoms with Crippen LogP contribution in [-0.2, 0) is 16.0 Å². The molecule has 1 unspecified atom stereocenters. The molecule has 1 N–H and O–H groups in total. The van der Waals surface area contributed by atoms with Crippen LogP contribution in [0.2, 0.25) is 0 Å². The first kappa shape index (κ1) is 13.4. The summed E-state index contributed by atoms with van der Waals surface area (Å²) in [7, 11) is 0. The van der Waals surface area contributed by atoms with Crippen LogP contribution in [-0.4, -0.2) is 23.1 Å². The van der Waals surface area contributed by atoms with Crippen molar-refractivity contribution in [1.82, 2.24) is 0 Å². The maximum Gasteiger partial charge on any atom is 0.338 e. The topological polar surface area (TPSA) is 63.6 Å². The Kier molecular flexibility index (Phi) is 3.44. The zero-order valence-electron chi connectivity index (χ0n) is 11.3.